The van der Waals surface area contributed by atoms with Gasteiger partial charge in [0.1, 0.15) is 0 Å². The molecule has 2 rings (SSSR count). The van der Waals surface area contributed by atoms with Gasteiger partial charge in [-0.3, -0.25) is 9.59 Å². The molecular weight excluding hydrogens is 240 g/mol. The Morgan fingerprint density at radius 3 is 2.58 bits per heavy atom. The van der Waals surface area contributed by atoms with Crippen LogP contribution in [-0.4, -0.2) is 36.3 Å². The quantitative estimate of drug-likeness (QED) is 0.898. The summed E-state index contributed by atoms with van der Waals surface area (Å²) in [4.78, 5) is 25.7. The Balaban J connectivity index is 1.94. The third-order valence-corrected chi connectivity index (χ3v) is 3.71. The van der Waals surface area contributed by atoms with Crippen molar-refractivity contribution in [3.8, 4) is 0 Å². The van der Waals surface area contributed by atoms with E-state index in [0.29, 0.717) is 5.56 Å². The second-order valence-corrected chi connectivity index (χ2v) is 5.02. The molecule has 1 fully saturated rings. The van der Waals surface area contributed by atoms with Gasteiger partial charge in [-0.15, -0.1) is 0 Å². The fourth-order valence-electron chi connectivity index (χ4n) is 2.33. The van der Waals surface area contributed by atoms with E-state index in [4.69, 9.17) is 0 Å². The smallest absolute Gasteiger partial charge is 0.251 e. The van der Waals surface area contributed by atoms with Crippen molar-refractivity contribution in [2.24, 2.45) is 0 Å². The molecule has 4 nitrogen and oxygen atoms in total. The Kier molecular flexibility index (Phi) is 4.20. The van der Waals surface area contributed by atoms with Crippen molar-refractivity contribution in [3.05, 3.63) is 34.9 Å². The van der Waals surface area contributed by atoms with Crippen LogP contribution in [0.15, 0.2) is 18.2 Å². The SMILES string of the molecule is Cc1cccc(C(=O)NCC(=O)N2CCCC2)c1C. The van der Waals surface area contributed by atoms with Gasteiger partial charge in [-0.1, -0.05) is 12.1 Å². The summed E-state index contributed by atoms with van der Waals surface area (Å²) in [6, 6.07) is 5.62. The number of amides is 2. The highest BCUT2D eigenvalue weighted by molar-refractivity contribution is 5.97. The molecule has 2 amide bonds. The normalized spacial score (nSPS) is 14.5. The van der Waals surface area contributed by atoms with Crippen LogP contribution in [0.25, 0.3) is 0 Å². The summed E-state index contributed by atoms with van der Waals surface area (Å²) in [6.45, 7) is 5.62. The standard InChI is InChI=1S/C15H20N2O2/c1-11-6-5-7-13(12(11)2)15(19)16-10-14(18)17-8-3-4-9-17/h5-7H,3-4,8-10H2,1-2H3,(H,16,19). The molecule has 0 saturated carbocycles. The number of nitrogens with one attached hydrogen (secondary N) is 1. The number of carbonyl (C=O) groups excluding carboxylic acids is 2. The first kappa shape index (κ1) is 13.6. The maximum atomic E-state index is 12.1. The van der Waals surface area contributed by atoms with Crippen LogP contribution in [0.5, 0.6) is 0 Å². The fourth-order valence-corrected chi connectivity index (χ4v) is 2.33. The lowest BCUT2D eigenvalue weighted by Gasteiger charge is -2.16. The summed E-state index contributed by atoms with van der Waals surface area (Å²) < 4.78 is 0. The highest BCUT2D eigenvalue weighted by Crippen LogP contribution is 2.12. The van der Waals surface area contributed by atoms with E-state index < -0.39 is 0 Å². The second kappa shape index (κ2) is 5.87. The minimum absolute atomic E-state index is 0.0103. The summed E-state index contributed by atoms with van der Waals surface area (Å²) in [6.07, 6.45) is 2.13. The molecule has 1 aromatic rings. The Morgan fingerprint density at radius 1 is 1.21 bits per heavy atom. The van der Waals surface area contributed by atoms with Crippen LogP contribution < -0.4 is 5.32 Å². The van der Waals surface area contributed by atoms with Gasteiger partial charge in [-0.25, -0.2) is 0 Å². The largest absolute Gasteiger partial charge is 0.343 e. The fraction of sp³-hybridized carbons (Fsp3) is 0.467. The number of likely N-dealkylation sites (tertiary alicyclic amines) is 1. The highest BCUT2D eigenvalue weighted by atomic mass is 16.2. The summed E-state index contributed by atoms with van der Waals surface area (Å²) in [5, 5.41) is 2.71. The van der Waals surface area contributed by atoms with Crippen molar-refractivity contribution in [3.63, 3.8) is 0 Å². The molecule has 0 aliphatic carbocycles. The monoisotopic (exact) mass is 260 g/mol. The lowest BCUT2D eigenvalue weighted by Crippen LogP contribution is -2.38. The molecule has 1 aliphatic heterocycles. The van der Waals surface area contributed by atoms with E-state index in [-0.39, 0.29) is 18.4 Å². The number of hydrogen-bond donors (Lipinski definition) is 1. The first-order valence-corrected chi connectivity index (χ1v) is 6.72. The van der Waals surface area contributed by atoms with Gasteiger partial charge in [0.25, 0.3) is 5.91 Å². The van der Waals surface area contributed by atoms with Crippen LogP contribution in [0.3, 0.4) is 0 Å². The minimum atomic E-state index is -0.172. The molecule has 102 valence electrons. The number of nitrogens with zero attached hydrogens (tertiary/aromatic N) is 1. The van der Waals surface area contributed by atoms with Crippen LogP contribution >= 0.6 is 0 Å². The molecule has 1 aromatic carbocycles. The van der Waals surface area contributed by atoms with Gasteiger partial charge in [-0.05, 0) is 43.9 Å². The molecule has 0 aromatic heterocycles. The Labute approximate surface area is 113 Å². The van der Waals surface area contributed by atoms with E-state index in [2.05, 4.69) is 5.32 Å². The molecule has 1 saturated heterocycles. The minimum Gasteiger partial charge on any atom is -0.343 e. The zero-order valence-corrected chi connectivity index (χ0v) is 11.5. The van der Waals surface area contributed by atoms with Gasteiger partial charge >= 0.3 is 0 Å². The van der Waals surface area contributed by atoms with Gasteiger partial charge in [-0.2, -0.15) is 0 Å². The van der Waals surface area contributed by atoms with Crippen molar-refractivity contribution >= 4 is 11.8 Å². The van der Waals surface area contributed by atoms with Gasteiger partial charge in [0.2, 0.25) is 5.91 Å². The van der Waals surface area contributed by atoms with E-state index in [0.717, 1.165) is 37.1 Å². The first-order chi connectivity index (χ1) is 9.09. The van der Waals surface area contributed by atoms with Crippen molar-refractivity contribution in [2.45, 2.75) is 26.7 Å². The third kappa shape index (κ3) is 3.13. The maximum Gasteiger partial charge on any atom is 0.251 e. The number of rotatable bonds is 3. The van der Waals surface area contributed by atoms with E-state index in [9.17, 15) is 9.59 Å². The lowest BCUT2D eigenvalue weighted by molar-refractivity contribution is -0.129. The van der Waals surface area contributed by atoms with Crippen LogP contribution in [0, 0.1) is 13.8 Å². The molecule has 1 N–H and O–H groups in total. The van der Waals surface area contributed by atoms with Gasteiger partial charge in [0.05, 0.1) is 6.54 Å². The molecule has 0 bridgehead atoms. The molecule has 19 heavy (non-hydrogen) atoms. The van der Waals surface area contributed by atoms with E-state index in [1.807, 2.05) is 30.9 Å². The van der Waals surface area contributed by atoms with Crippen LogP contribution in [0.2, 0.25) is 0 Å². The molecule has 4 heteroatoms. The molecule has 0 atom stereocenters. The van der Waals surface area contributed by atoms with Crippen molar-refractivity contribution in [1.29, 1.82) is 0 Å². The molecule has 0 spiro atoms. The van der Waals surface area contributed by atoms with E-state index in [1.165, 1.54) is 0 Å². The predicted octanol–water partition coefficient (Wildman–Crippen LogP) is 1.66. The van der Waals surface area contributed by atoms with E-state index in [1.54, 1.807) is 6.07 Å². The van der Waals surface area contributed by atoms with Crippen molar-refractivity contribution < 1.29 is 9.59 Å². The average Bonchev–Trinajstić information content (AvgIpc) is 2.93. The first-order valence-electron chi connectivity index (χ1n) is 6.72. The van der Waals surface area contributed by atoms with Gasteiger partial charge in [0.15, 0.2) is 0 Å². The number of hydrogen-bond acceptors (Lipinski definition) is 2. The number of aryl methyl sites for hydroxylation is 1. The molecule has 0 radical (unpaired) electrons. The van der Waals surface area contributed by atoms with Crippen molar-refractivity contribution in [2.75, 3.05) is 19.6 Å². The summed E-state index contributed by atoms with van der Waals surface area (Å²) in [5.74, 6) is -0.162. The second-order valence-electron chi connectivity index (χ2n) is 5.02. The summed E-state index contributed by atoms with van der Waals surface area (Å²) in [7, 11) is 0. The Bertz CT molecular complexity index is 491. The van der Waals surface area contributed by atoms with Crippen LogP contribution in [-0.2, 0) is 4.79 Å². The zero-order chi connectivity index (χ0) is 13.8. The topological polar surface area (TPSA) is 49.4 Å². The van der Waals surface area contributed by atoms with Crippen molar-refractivity contribution in [1.82, 2.24) is 10.2 Å². The van der Waals surface area contributed by atoms with Crippen LogP contribution in [0.1, 0.15) is 34.3 Å². The van der Waals surface area contributed by atoms with E-state index >= 15 is 0 Å². The van der Waals surface area contributed by atoms with Gasteiger partial charge in [0, 0.05) is 18.7 Å². The van der Waals surface area contributed by atoms with Crippen LogP contribution in [0.4, 0.5) is 0 Å². The average molecular weight is 260 g/mol. The lowest BCUT2D eigenvalue weighted by atomic mass is 10.0. The molecule has 1 aliphatic rings. The highest BCUT2D eigenvalue weighted by Gasteiger charge is 2.18. The predicted molar refractivity (Wildman–Crippen MR) is 74.1 cm³/mol. The maximum absolute atomic E-state index is 12.1. The molecule has 0 unspecified atom stereocenters. The Morgan fingerprint density at radius 2 is 1.89 bits per heavy atom. The third-order valence-electron chi connectivity index (χ3n) is 3.71. The Hall–Kier alpha value is -1.84. The summed E-state index contributed by atoms with van der Waals surface area (Å²) >= 11 is 0. The number of carbonyl (C=O) groups is 2. The van der Waals surface area contributed by atoms with Gasteiger partial charge < -0.3 is 10.2 Å². The molecular formula is C15H20N2O2. The number of benzene rings is 1. The zero-order valence-electron chi connectivity index (χ0n) is 11.5. The summed E-state index contributed by atoms with van der Waals surface area (Å²) in [5.41, 5.74) is 2.70. The molecule has 1 heterocycles.